The summed E-state index contributed by atoms with van der Waals surface area (Å²) in [5.74, 6) is -1.01. The van der Waals surface area contributed by atoms with Crippen molar-refractivity contribution in [2.24, 2.45) is 5.73 Å². The highest BCUT2D eigenvalue weighted by Gasteiger charge is 2.22. The Balaban J connectivity index is 2.04. The van der Waals surface area contributed by atoms with E-state index >= 15 is 0 Å². The minimum atomic E-state index is -1.29. The first kappa shape index (κ1) is 12.2. The van der Waals surface area contributed by atoms with Crippen molar-refractivity contribution >= 4 is 11.9 Å². The van der Waals surface area contributed by atoms with Crippen LogP contribution in [0.1, 0.15) is 6.42 Å². The molecular formula is C11H11NO6. The number of para-hydroxylation sites is 1. The molecule has 1 aliphatic heterocycles. The maximum Gasteiger partial charge on any atom is 0.321 e. The van der Waals surface area contributed by atoms with Crippen molar-refractivity contribution in [3.63, 3.8) is 0 Å². The number of carbonyl (C=O) groups is 2. The molecule has 0 fully saturated rings. The second-order valence-electron chi connectivity index (χ2n) is 3.61. The van der Waals surface area contributed by atoms with Crippen molar-refractivity contribution in [3.05, 3.63) is 18.2 Å². The summed E-state index contributed by atoms with van der Waals surface area (Å²) in [4.78, 5) is 22.0. The van der Waals surface area contributed by atoms with Gasteiger partial charge in [-0.1, -0.05) is 6.07 Å². The molecule has 96 valence electrons. The molecule has 0 bridgehead atoms. The summed E-state index contributed by atoms with van der Waals surface area (Å²) in [6.07, 6.45) is -0.417. The van der Waals surface area contributed by atoms with Gasteiger partial charge in [-0.2, -0.15) is 0 Å². The van der Waals surface area contributed by atoms with Crippen LogP contribution in [0, 0.1) is 0 Å². The van der Waals surface area contributed by atoms with E-state index in [1.54, 1.807) is 12.1 Å². The molecule has 1 unspecified atom stereocenters. The molecule has 0 saturated heterocycles. The second kappa shape index (κ2) is 4.92. The first-order chi connectivity index (χ1) is 8.58. The highest BCUT2D eigenvalue weighted by Crippen LogP contribution is 2.40. The van der Waals surface area contributed by atoms with Gasteiger partial charge >= 0.3 is 11.9 Å². The van der Waals surface area contributed by atoms with Gasteiger partial charge in [0, 0.05) is 0 Å². The zero-order chi connectivity index (χ0) is 13.1. The highest BCUT2D eigenvalue weighted by atomic mass is 16.7. The van der Waals surface area contributed by atoms with Crippen LogP contribution in [0.15, 0.2) is 18.2 Å². The lowest BCUT2D eigenvalue weighted by molar-refractivity contribution is -0.143. The Kier molecular flexibility index (Phi) is 3.33. The Morgan fingerprint density at radius 1 is 1.44 bits per heavy atom. The number of nitrogens with two attached hydrogens (primary N) is 1. The lowest BCUT2D eigenvalue weighted by Crippen LogP contribution is -2.33. The fourth-order valence-corrected chi connectivity index (χ4v) is 1.42. The third-order valence-electron chi connectivity index (χ3n) is 2.29. The normalized spacial score (nSPS) is 14.1. The van der Waals surface area contributed by atoms with Crippen LogP contribution >= 0.6 is 0 Å². The number of hydrogen-bond donors (Lipinski definition) is 2. The van der Waals surface area contributed by atoms with Crippen LogP contribution in [0.25, 0.3) is 0 Å². The number of aliphatic carboxylic acids is 1. The molecule has 7 nitrogen and oxygen atoms in total. The zero-order valence-electron chi connectivity index (χ0n) is 9.29. The van der Waals surface area contributed by atoms with Crippen molar-refractivity contribution in [3.8, 4) is 17.2 Å². The maximum atomic E-state index is 11.5. The standard InChI is InChI=1S/C11H11NO6/c12-6(11(14)15)4-9(13)18-8-3-1-2-7-10(8)17-5-16-7/h1-3,6H,4-5,12H2,(H,14,15). The number of ether oxygens (including phenoxy) is 3. The average molecular weight is 253 g/mol. The van der Waals surface area contributed by atoms with Crippen LogP contribution in [0.2, 0.25) is 0 Å². The molecule has 0 saturated carbocycles. The van der Waals surface area contributed by atoms with Crippen LogP contribution in [0.3, 0.4) is 0 Å². The number of fused-ring (bicyclic) bond motifs is 1. The fraction of sp³-hybridized carbons (Fsp3) is 0.273. The molecule has 1 aliphatic rings. The van der Waals surface area contributed by atoms with E-state index in [1.807, 2.05) is 0 Å². The van der Waals surface area contributed by atoms with Gasteiger partial charge in [0.2, 0.25) is 12.5 Å². The van der Waals surface area contributed by atoms with Crippen molar-refractivity contribution in [1.82, 2.24) is 0 Å². The van der Waals surface area contributed by atoms with Crippen molar-refractivity contribution < 1.29 is 28.9 Å². The molecule has 0 aliphatic carbocycles. The second-order valence-corrected chi connectivity index (χ2v) is 3.61. The first-order valence-corrected chi connectivity index (χ1v) is 5.15. The Hall–Kier alpha value is -2.28. The van der Waals surface area contributed by atoms with Gasteiger partial charge < -0.3 is 25.1 Å². The molecule has 0 spiro atoms. The number of esters is 1. The molecule has 1 heterocycles. The van der Waals surface area contributed by atoms with Crippen LogP contribution in [0.5, 0.6) is 17.2 Å². The number of carboxylic acid groups (broad SMARTS) is 1. The molecule has 1 atom stereocenters. The molecule has 0 aromatic heterocycles. The summed E-state index contributed by atoms with van der Waals surface area (Å²) in [5.41, 5.74) is 5.23. The van der Waals surface area contributed by atoms with E-state index in [-0.39, 0.29) is 12.5 Å². The van der Waals surface area contributed by atoms with Crippen LogP contribution in [-0.4, -0.2) is 29.9 Å². The third-order valence-corrected chi connectivity index (χ3v) is 2.29. The molecule has 1 aromatic rings. The minimum Gasteiger partial charge on any atom is -0.480 e. The Morgan fingerprint density at radius 2 is 2.22 bits per heavy atom. The zero-order valence-corrected chi connectivity index (χ0v) is 9.29. The molecule has 0 amide bonds. The summed E-state index contributed by atoms with van der Waals surface area (Å²) < 4.78 is 15.2. The Bertz CT molecular complexity index is 486. The summed E-state index contributed by atoms with van der Waals surface area (Å²) in [6.45, 7) is 0.0541. The smallest absolute Gasteiger partial charge is 0.321 e. The van der Waals surface area contributed by atoms with Crippen molar-refractivity contribution in [2.45, 2.75) is 12.5 Å². The summed E-state index contributed by atoms with van der Waals surface area (Å²) in [6, 6.07) is 3.54. The van der Waals surface area contributed by atoms with Gasteiger partial charge in [-0.3, -0.25) is 9.59 Å². The van der Waals surface area contributed by atoms with Crippen molar-refractivity contribution in [2.75, 3.05) is 6.79 Å². The van der Waals surface area contributed by atoms with E-state index in [2.05, 4.69) is 0 Å². The number of rotatable bonds is 4. The molecule has 2 rings (SSSR count). The number of hydrogen-bond acceptors (Lipinski definition) is 6. The fourth-order valence-electron chi connectivity index (χ4n) is 1.42. The number of benzene rings is 1. The quantitative estimate of drug-likeness (QED) is 0.579. The molecule has 1 aromatic carbocycles. The summed E-state index contributed by atoms with van der Waals surface area (Å²) >= 11 is 0. The summed E-state index contributed by atoms with van der Waals surface area (Å²) in [7, 11) is 0. The van der Waals surface area contributed by atoms with Gasteiger partial charge in [0.05, 0.1) is 6.42 Å². The van der Waals surface area contributed by atoms with E-state index in [0.717, 1.165) is 0 Å². The topological polar surface area (TPSA) is 108 Å². The van der Waals surface area contributed by atoms with Gasteiger partial charge in [0.15, 0.2) is 11.5 Å². The predicted octanol–water partition coefficient (Wildman–Crippen LogP) is 0.123. The van der Waals surface area contributed by atoms with Gasteiger partial charge in [0.25, 0.3) is 0 Å². The van der Waals surface area contributed by atoms with E-state index in [1.165, 1.54) is 6.07 Å². The van der Waals surface area contributed by atoms with E-state index in [4.69, 9.17) is 25.1 Å². The summed E-state index contributed by atoms with van der Waals surface area (Å²) in [5, 5.41) is 8.57. The van der Waals surface area contributed by atoms with E-state index < -0.39 is 24.4 Å². The SMILES string of the molecule is NC(CC(=O)Oc1cccc2c1OCO2)C(=O)O. The predicted molar refractivity (Wildman–Crippen MR) is 58.4 cm³/mol. The van der Waals surface area contributed by atoms with E-state index in [9.17, 15) is 9.59 Å². The largest absolute Gasteiger partial charge is 0.480 e. The molecule has 3 N–H and O–H groups in total. The van der Waals surface area contributed by atoms with Crippen LogP contribution in [-0.2, 0) is 9.59 Å². The average Bonchev–Trinajstić information content (AvgIpc) is 2.77. The third kappa shape index (κ3) is 2.51. The molecule has 18 heavy (non-hydrogen) atoms. The first-order valence-electron chi connectivity index (χ1n) is 5.15. The van der Waals surface area contributed by atoms with Gasteiger partial charge in [-0.05, 0) is 12.1 Å². The number of carbonyl (C=O) groups excluding carboxylic acids is 1. The lowest BCUT2D eigenvalue weighted by atomic mass is 10.2. The Morgan fingerprint density at radius 3 is 2.94 bits per heavy atom. The lowest BCUT2D eigenvalue weighted by Gasteiger charge is -2.08. The van der Waals surface area contributed by atoms with Gasteiger partial charge in [-0.25, -0.2) is 0 Å². The van der Waals surface area contributed by atoms with Gasteiger partial charge in [0.1, 0.15) is 6.04 Å². The van der Waals surface area contributed by atoms with Crippen molar-refractivity contribution in [1.29, 1.82) is 0 Å². The monoisotopic (exact) mass is 253 g/mol. The molecular weight excluding hydrogens is 242 g/mol. The minimum absolute atomic E-state index is 0.0541. The molecule has 7 heteroatoms. The number of carboxylic acids is 1. The van der Waals surface area contributed by atoms with Crippen LogP contribution in [0.4, 0.5) is 0 Å². The highest BCUT2D eigenvalue weighted by molar-refractivity contribution is 5.82. The Labute approximate surface area is 102 Å². The van der Waals surface area contributed by atoms with E-state index in [0.29, 0.717) is 11.5 Å². The molecule has 0 radical (unpaired) electrons. The maximum absolute atomic E-state index is 11.5. The van der Waals surface area contributed by atoms with Gasteiger partial charge in [-0.15, -0.1) is 0 Å². The van der Waals surface area contributed by atoms with Crippen LogP contribution < -0.4 is 19.9 Å².